The Bertz CT molecular complexity index is 293. The second kappa shape index (κ2) is 5.08. The molecule has 0 amide bonds. The molecule has 2 aliphatic heterocycles. The first-order chi connectivity index (χ1) is 8.72. The number of hydrogen-bond acceptors (Lipinski definition) is 4. The van der Waals surface area contributed by atoms with Crippen LogP contribution in [0, 0.1) is 0 Å². The number of rotatable bonds is 2. The van der Waals surface area contributed by atoms with Crippen molar-refractivity contribution in [3.05, 3.63) is 0 Å². The lowest BCUT2D eigenvalue weighted by atomic mass is 9.73. The Morgan fingerprint density at radius 1 is 1.33 bits per heavy atom. The van der Waals surface area contributed by atoms with Crippen LogP contribution in [0.25, 0.3) is 0 Å². The van der Waals surface area contributed by atoms with Crippen LogP contribution in [0.3, 0.4) is 0 Å². The molecule has 2 saturated heterocycles. The summed E-state index contributed by atoms with van der Waals surface area (Å²) in [7, 11) is 2.21. The van der Waals surface area contributed by atoms with Gasteiger partial charge < -0.3 is 15.4 Å². The smallest absolute Gasteiger partial charge is 0.0697 e. The van der Waals surface area contributed by atoms with E-state index in [4.69, 9.17) is 10.5 Å². The quantitative estimate of drug-likeness (QED) is 0.785. The maximum atomic E-state index is 6.04. The van der Waals surface area contributed by atoms with E-state index in [2.05, 4.69) is 16.8 Å². The molecule has 0 bridgehead atoms. The summed E-state index contributed by atoms with van der Waals surface area (Å²) in [5, 5.41) is 0. The average Bonchev–Trinajstić information content (AvgIpc) is 2.37. The van der Waals surface area contributed by atoms with Crippen LogP contribution in [0.15, 0.2) is 0 Å². The van der Waals surface area contributed by atoms with Crippen molar-refractivity contribution in [1.82, 2.24) is 9.80 Å². The van der Waals surface area contributed by atoms with Crippen molar-refractivity contribution in [2.75, 3.05) is 39.8 Å². The van der Waals surface area contributed by atoms with Gasteiger partial charge in [0.15, 0.2) is 0 Å². The monoisotopic (exact) mass is 253 g/mol. The van der Waals surface area contributed by atoms with Crippen molar-refractivity contribution < 1.29 is 4.74 Å². The van der Waals surface area contributed by atoms with Gasteiger partial charge in [0.05, 0.1) is 5.60 Å². The Hall–Kier alpha value is -0.160. The van der Waals surface area contributed by atoms with Crippen molar-refractivity contribution in [1.29, 1.82) is 0 Å². The van der Waals surface area contributed by atoms with Crippen LogP contribution in [0.5, 0.6) is 0 Å². The molecular weight excluding hydrogens is 226 g/mol. The second-order valence-electron chi connectivity index (χ2n) is 6.42. The van der Waals surface area contributed by atoms with E-state index in [9.17, 15) is 0 Å². The van der Waals surface area contributed by atoms with Gasteiger partial charge in [0.25, 0.3) is 0 Å². The number of hydrogen-bond donors (Lipinski definition) is 1. The standard InChI is InChI=1S/C14H27N3O/c1-16-6-7-17(13(10-15)11-16)12-3-8-18-14(9-12)4-2-5-14/h12-13H,2-11,15H2,1H3. The summed E-state index contributed by atoms with van der Waals surface area (Å²) in [5.74, 6) is 0. The summed E-state index contributed by atoms with van der Waals surface area (Å²) in [6.07, 6.45) is 6.36. The van der Waals surface area contributed by atoms with Gasteiger partial charge in [-0.2, -0.15) is 0 Å². The number of likely N-dealkylation sites (N-methyl/N-ethyl adjacent to an activating group) is 1. The Morgan fingerprint density at radius 2 is 2.17 bits per heavy atom. The van der Waals surface area contributed by atoms with E-state index in [1.54, 1.807) is 0 Å². The minimum Gasteiger partial charge on any atom is -0.375 e. The van der Waals surface area contributed by atoms with E-state index in [0.717, 1.165) is 19.7 Å². The fourth-order valence-corrected chi connectivity index (χ4v) is 3.92. The predicted molar refractivity (Wildman–Crippen MR) is 72.6 cm³/mol. The molecule has 0 radical (unpaired) electrons. The van der Waals surface area contributed by atoms with Gasteiger partial charge in [0, 0.05) is 44.9 Å². The van der Waals surface area contributed by atoms with Gasteiger partial charge in [-0.15, -0.1) is 0 Å². The lowest BCUT2D eigenvalue weighted by Crippen LogP contribution is -2.61. The van der Waals surface area contributed by atoms with Crippen LogP contribution >= 0.6 is 0 Å². The van der Waals surface area contributed by atoms with Crippen molar-refractivity contribution in [3.8, 4) is 0 Å². The van der Waals surface area contributed by atoms with Crippen LogP contribution in [0.1, 0.15) is 32.1 Å². The summed E-state index contributed by atoms with van der Waals surface area (Å²) in [5.41, 5.74) is 6.23. The number of nitrogens with zero attached hydrogens (tertiary/aromatic N) is 2. The first-order valence-electron chi connectivity index (χ1n) is 7.51. The van der Waals surface area contributed by atoms with Crippen molar-refractivity contribution in [2.45, 2.75) is 49.8 Å². The fourth-order valence-electron chi connectivity index (χ4n) is 3.92. The van der Waals surface area contributed by atoms with Crippen LogP contribution < -0.4 is 5.73 Å². The third kappa shape index (κ3) is 2.31. The van der Waals surface area contributed by atoms with Gasteiger partial charge >= 0.3 is 0 Å². The minimum atomic E-state index is 0.255. The van der Waals surface area contributed by atoms with E-state index < -0.39 is 0 Å². The highest BCUT2D eigenvalue weighted by Crippen LogP contribution is 2.43. The first-order valence-corrected chi connectivity index (χ1v) is 7.51. The van der Waals surface area contributed by atoms with Gasteiger partial charge in [-0.3, -0.25) is 4.90 Å². The predicted octanol–water partition coefficient (Wildman–Crippen LogP) is 0.663. The lowest BCUT2D eigenvalue weighted by molar-refractivity contribution is -0.154. The molecular formula is C14H27N3O. The SMILES string of the molecule is CN1CCN(C2CCOC3(CCC3)C2)C(CN)C1. The summed E-state index contributed by atoms with van der Waals surface area (Å²) in [6, 6.07) is 1.25. The molecule has 1 aliphatic carbocycles. The van der Waals surface area contributed by atoms with Gasteiger partial charge in [-0.05, 0) is 39.2 Å². The van der Waals surface area contributed by atoms with E-state index >= 15 is 0 Å². The highest BCUT2D eigenvalue weighted by molar-refractivity contribution is 4.98. The average molecular weight is 253 g/mol. The third-order valence-electron chi connectivity index (χ3n) is 5.20. The Kier molecular flexibility index (Phi) is 3.63. The second-order valence-corrected chi connectivity index (χ2v) is 6.42. The molecule has 2 heterocycles. The van der Waals surface area contributed by atoms with E-state index in [1.807, 2.05) is 0 Å². The third-order valence-corrected chi connectivity index (χ3v) is 5.20. The first kappa shape index (κ1) is 12.9. The Balaban J connectivity index is 1.65. The van der Waals surface area contributed by atoms with Gasteiger partial charge in [-0.1, -0.05) is 0 Å². The summed E-state index contributed by atoms with van der Waals surface area (Å²) < 4.78 is 6.04. The zero-order valence-electron chi connectivity index (χ0n) is 11.6. The molecule has 3 fully saturated rings. The molecule has 0 aromatic heterocycles. The zero-order chi connectivity index (χ0) is 12.6. The normalized spacial score (nSPS) is 37.7. The molecule has 2 unspecified atom stereocenters. The largest absolute Gasteiger partial charge is 0.375 e. The van der Waals surface area contributed by atoms with Gasteiger partial charge in [-0.25, -0.2) is 0 Å². The lowest BCUT2D eigenvalue weighted by Gasteiger charge is -2.52. The van der Waals surface area contributed by atoms with Crippen molar-refractivity contribution in [2.24, 2.45) is 5.73 Å². The van der Waals surface area contributed by atoms with E-state index in [0.29, 0.717) is 12.1 Å². The van der Waals surface area contributed by atoms with Crippen LogP contribution in [-0.2, 0) is 4.74 Å². The number of ether oxygens (including phenoxy) is 1. The van der Waals surface area contributed by atoms with Crippen LogP contribution in [0.4, 0.5) is 0 Å². The molecule has 0 aromatic carbocycles. The molecule has 1 saturated carbocycles. The van der Waals surface area contributed by atoms with E-state index in [1.165, 1.54) is 45.2 Å². The van der Waals surface area contributed by atoms with Crippen molar-refractivity contribution >= 4 is 0 Å². The summed E-state index contributed by atoms with van der Waals surface area (Å²) in [4.78, 5) is 5.09. The maximum absolute atomic E-state index is 6.04. The molecule has 0 aromatic rings. The molecule has 18 heavy (non-hydrogen) atoms. The number of nitrogens with two attached hydrogens (primary N) is 1. The van der Waals surface area contributed by atoms with Crippen LogP contribution in [-0.4, -0.2) is 67.3 Å². The molecule has 2 atom stereocenters. The zero-order valence-corrected chi connectivity index (χ0v) is 11.6. The van der Waals surface area contributed by atoms with Crippen LogP contribution in [0.2, 0.25) is 0 Å². The summed E-state index contributed by atoms with van der Waals surface area (Å²) >= 11 is 0. The molecule has 4 heteroatoms. The summed E-state index contributed by atoms with van der Waals surface area (Å²) in [6.45, 7) is 5.23. The molecule has 3 rings (SSSR count). The maximum Gasteiger partial charge on any atom is 0.0697 e. The molecule has 2 N–H and O–H groups in total. The highest BCUT2D eigenvalue weighted by atomic mass is 16.5. The van der Waals surface area contributed by atoms with E-state index in [-0.39, 0.29) is 5.60 Å². The highest BCUT2D eigenvalue weighted by Gasteiger charge is 2.45. The Morgan fingerprint density at radius 3 is 2.83 bits per heavy atom. The fraction of sp³-hybridized carbons (Fsp3) is 1.00. The Labute approximate surface area is 110 Å². The minimum absolute atomic E-state index is 0.255. The molecule has 4 nitrogen and oxygen atoms in total. The van der Waals surface area contributed by atoms with Gasteiger partial charge in [0.1, 0.15) is 0 Å². The molecule has 3 aliphatic rings. The van der Waals surface area contributed by atoms with Crippen molar-refractivity contribution in [3.63, 3.8) is 0 Å². The molecule has 104 valence electrons. The van der Waals surface area contributed by atoms with Gasteiger partial charge in [0.2, 0.25) is 0 Å². The molecule has 1 spiro atoms. The number of piperazine rings is 1. The topological polar surface area (TPSA) is 41.7 Å².